The van der Waals surface area contributed by atoms with Crippen molar-refractivity contribution in [1.29, 1.82) is 0 Å². The lowest BCUT2D eigenvalue weighted by molar-refractivity contribution is 0.0703. The number of carbonyl (C=O) groups excluding carboxylic acids is 3. The van der Waals surface area contributed by atoms with Gasteiger partial charge in [0.15, 0.2) is 0 Å². The first-order valence-electron chi connectivity index (χ1n) is 17.0. The summed E-state index contributed by atoms with van der Waals surface area (Å²) in [5.74, 6) is -0.331. The molecular formula is C39H45N7O3. The lowest BCUT2D eigenvalue weighted by Gasteiger charge is -2.36. The van der Waals surface area contributed by atoms with Crippen LogP contribution in [0.3, 0.4) is 0 Å². The van der Waals surface area contributed by atoms with E-state index in [1.165, 1.54) is 0 Å². The maximum absolute atomic E-state index is 14.4. The molecule has 2 aromatic heterocycles. The number of hydrogen-bond acceptors (Lipinski definition) is 4. The highest BCUT2D eigenvalue weighted by molar-refractivity contribution is 6.07. The molecule has 254 valence electrons. The number of amides is 4. The zero-order chi connectivity index (χ0) is 34.2. The van der Waals surface area contributed by atoms with Crippen LogP contribution in [0.15, 0.2) is 97.8 Å². The predicted octanol–water partition coefficient (Wildman–Crippen LogP) is 5.16. The lowest BCUT2D eigenvalue weighted by Crippen LogP contribution is -2.53. The van der Waals surface area contributed by atoms with Gasteiger partial charge in [0.1, 0.15) is 0 Å². The molecule has 4 amide bonds. The average Bonchev–Trinajstić information content (AvgIpc) is 3.76. The number of hydrogen-bond donors (Lipinski definition) is 3. The number of urea groups is 1. The van der Waals surface area contributed by atoms with Gasteiger partial charge in [-0.1, -0.05) is 54.6 Å². The van der Waals surface area contributed by atoms with Crippen LogP contribution in [0.25, 0.3) is 21.8 Å². The molecule has 1 saturated heterocycles. The fraction of sp³-hybridized carbons (Fsp3) is 0.308. The van der Waals surface area contributed by atoms with Crippen molar-refractivity contribution in [3.63, 3.8) is 0 Å². The van der Waals surface area contributed by atoms with Crippen molar-refractivity contribution in [1.82, 2.24) is 34.9 Å². The van der Waals surface area contributed by atoms with E-state index in [4.69, 9.17) is 0 Å². The van der Waals surface area contributed by atoms with Gasteiger partial charge in [0.2, 0.25) is 0 Å². The molecule has 10 nitrogen and oxygen atoms in total. The third kappa shape index (κ3) is 7.87. The van der Waals surface area contributed by atoms with Crippen molar-refractivity contribution in [3.8, 4) is 0 Å². The summed E-state index contributed by atoms with van der Waals surface area (Å²) in [6.45, 7) is 8.99. The number of H-pyrrole nitrogens is 2. The van der Waals surface area contributed by atoms with E-state index in [0.717, 1.165) is 46.0 Å². The molecule has 0 atom stereocenters. The van der Waals surface area contributed by atoms with Crippen LogP contribution in [-0.4, -0.2) is 113 Å². The molecule has 0 saturated carbocycles. The summed E-state index contributed by atoms with van der Waals surface area (Å²) < 4.78 is 0. The second kappa shape index (κ2) is 15.7. The number of piperazine rings is 1. The topological polar surface area (TPSA) is 108 Å². The van der Waals surface area contributed by atoms with Crippen molar-refractivity contribution in [2.24, 2.45) is 0 Å². The summed E-state index contributed by atoms with van der Waals surface area (Å²) in [4.78, 5) is 55.0. The highest BCUT2D eigenvalue weighted by Crippen LogP contribution is 2.21. The highest BCUT2D eigenvalue weighted by Gasteiger charge is 2.26. The van der Waals surface area contributed by atoms with Gasteiger partial charge in [-0.05, 0) is 48.2 Å². The van der Waals surface area contributed by atoms with Gasteiger partial charge in [-0.2, -0.15) is 0 Å². The minimum absolute atomic E-state index is 0.0808. The van der Waals surface area contributed by atoms with E-state index in [2.05, 4.69) is 45.0 Å². The Morgan fingerprint density at radius 3 is 1.92 bits per heavy atom. The molecule has 3 aromatic carbocycles. The molecule has 5 aromatic rings. The Hall–Kier alpha value is -5.35. The predicted molar refractivity (Wildman–Crippen MR) is 195 cm³/mol. The van der Waals surface area contributed by atoms with Crippen LogP contribution >= 0.6 is 0 Å². The first-order chi connectivity index (χ1) is 23.9. The summed E-state index contributed by atoms with van der Waals surface area (Å²) in [5.41, 5.74) is 5.26. The zero-order valence-electron chi connectivity index (χ0n) is 28.2. The largest absolute Gasteiger partial charge is 0.361 e. The molecule has 1 fully saturated rings. The van der Waals surface area contributed by atoms with Crippen molar-refractivity contribution in [2.75, 3.05) is 66.0 Å². The molecule has 1 aliphatic heterocycles. The van der Waals surface area contributed by atoms with Gasteiger partial charge in [0.25, 0.3) is 11.8 Å². The monoisotopic (exact) mass is 659 g/mol. The Bertz CT molecular complexity index is 1920. The van der Waals surface area contributed by atoms with Crippen LogP contribution < -0.4 is 5.32 Å². The molecule has 6 rings (SSSR count). The molecular weight excluding hydrogens is 614 g/mol. The van der Waals surface area contributed by atoms with E-state index in [0.29, 0.717) is 69.8 Å². The third-order valence-electron chi connectivity index (χ3n) is 9.48. The van der Waals surface area contributed by atoms with E-state index < -0.39 is 0 Å². The number of likely N-dealkylation sites (N-methyl/N-ethyl adjacent to an activating group) is 1. The first kappa shape index (κ1) is 33.5. The van der Waals surface area contributed by atoms with Gasteiger partial charge in [0.05, 0.1) is 11.1 Å². The second-order valence-electron chi connectivity index (χ2n) is 12.6. The summed E-state index contributed by atoms with van der Waals surface area (Å²) >= 11 is 0. The Kier molecular flexibility index (Phi) is 10.7. The van der Waals surface area contributed by atoms with Crippen LogP contribution in [0.4, 0.5) is 4.79 Å². The Labute approximate surface area is 287 Å². The molecule has 0 unspecified atom stereocenters. The normalized spacial score (nSPS) is 13.4. The first-order valence-corrected chi connectivity index (χ1v) is 17.0. The number of para-hydroxylation sites is 2. The standard InChI is InChI=1S/C39H45N7O3/c1-3-18-40-39(49)46-25-22-44(23-26-46)21-24-45(20-17-30-28-42-36-15-9-7-11-32(30)36)38(48)34-13-5-4-12-33(34)37(47)43(2)19-16-29-27-41-35-14-8-6-10-31(29)35/h3-15,27-28,41-42H,1,16-26H2,2H3,(H,40,49). The van der Waals surface area contributed by atoms with E-state index >= 15 is 0 Å². The number of aromatic amines is 2. The number of rotatable bonds is 13. The minimum Gasteiger partial charge on any atom is -0.361 e. The van der Waals surface area contributed by atoms with Crippen molar-refractivity contribution < 1.29 is 14.4 Å². The minimum atomic E-state index is -0.175. The maximum Gasteiger partial charge on any atom is 0.317 e. The fourth-order valence-electron chi connectivity index (χ4n) is 6.58. The van der Waals surface area contributed by atoms with Gasteiger partial charge in [-0.25, -0.2) is 4.79 Å². The molecule has 10 heteroatoms. The number of carbonyl (C=O) groups is 3. The molecule has 0 bridgehead atoms. The van der Waals surface area contributed by atoms with Crippen LogP contribution in [0, 0.1) is 0 Å². The summed E-state index contributed by atoms with van der Waals surface area (Å²) in [7, 11) is 1.80. The van der Waals surface area contributed by atoms with Crippen molar-refractivity contribution >= 4 is 39.7 Å². The number of benzene rings is 3. The van der Waals surface area contributed by atoms with Crippen LogP contribution in [0.2, 0.25) is 0 Å². The smallest absolute Gasteiger partial charge is 0.317 e. The Morgan fingerprint density at radius 1 is 0.755 bits per heavy atom. The van der Waals surface area contributed by atoms with E-state index in [9.17, 15) is 14.4 Å². The van der Waals surface area contributed by atoms with E-state index in [-0.39, 0.29) is 17.8 Å². The molecule has 1 aliphatic rings. The molecule has 3 N–H and O–H groups in total. The second-order valence-corrected chi connectivity index (χ2v) is 12.6. The molecule has 3 heterocycles. The van der Waals surface area contributed by atoms with Gasteiger partial charge >= 0.3 is 6.03 Å². The average molecular weight is 660 g/mol. The quantitative estimate of drug-likeness (QED) is 0.152. The van der Waals surface area contributed by atoms with E-state index in [1.54, 1.807) is 30.2 Å². The zero-order valence-corrected chi connectivity index (χ0v) is 28.2. The van der Waals surface area contributed by atoms with Crippen LogP contribution in [-0.2, 0) is 12.8 Å². The molecule has 0 aliphatic carbocycles. The summed E-state index contributed by atoms with van der Waals surface area (Å²) in [6.07, 6.45) is 7.06. The summed E-state index contributed by atoms with van der Waals surface area (Å²) in [5, 5.41) is 5.15. The Balaban J connectivity index is 1.15. The molecule has 0 radical (unpaired) electrons. The maximum atomic E-state index is 14.4. The fourth-order valence-corrected chi connectivity index (χ4v) is 6.58. The van der Waals surface area contributed by atoms with Crippen molar-refractivity contribution in [2.45, 2.75) is 12.8 Å². The van der Waals surface area contributed by atoms with Gasteiger partial charge < -0.3 is 30.0 Å². The van der Waals surface area contributed by atoms with E-state index in [1.807, 2.05) is 64.7 Å². The molecule has 49 heavy (non-hydrogen) atoms. The lowest BCUT2D eigenvalue weighted by atomic mass is 10.0. The van der Waals surface area contributed by atoms with Crippen LogP contribution in [0.5, 0.6) is 0 Å². The SMILES string of the molecule is C=CCNC(=O)N1CCN(CCN(CCc2c[nH]c3ccccc23)C(=O)c2ccccc2C(=O)N(C)CCc2c[nH]c3ccccc23)CC1. The van der Waals surface area contributed by atoms with Gasteiger partial charge in [0, 0.05) is 100 Å². The van der Waals surface area contributed by atoms with Gasteiger partial charge in [-0.3, -0.25) is 14.5 Å². The highest BCUT2D eigenvalue weighted by atomic mass is 16.2. The number of aromatic nitrogens is 2. The number of nitrogens with one attached hydrogen (secondary N) is 3. The number of nitrogens with zero attached hydrogens (tertiary/aromatic N) is 4. The van der Waals surface area contributed by atoms with Crippen molar-refractivity contribution in [3.05, 3.63) is 120 Å². The molecule has 0 spiro atoms. The summed E-state index contributed by atoms with van der Waals surface area (Å²) in [6, 6.07) is 23.4. The number of fused-ring (bicyclic) bond motifs is 2. The van der Waals surface area contributed by atoms with Crippen LogP contribution in [0.1, 0.15) is 31.8 Å². The third-order valence-corrected chi connectivity index (χ3v) is 9.48. The Morgan fingerprint density at radius 2 is 1.31 bits per heavy atom. The van der Waals surface area contributed by atoms with Gasteiger partial charge in [-0.15, -0.1) is 6.58 Å².